The van der Waals surface area contributed by atoms with Gasteiger partial charge in [-0.1, -0.05) is 23.7 Å². The average Bonchev–Trinajstić information content (AvgIpc) is 3.43. The van der Waals surface area contributed by atoms with Crippen molar-refractivity contribution in [2.45, 2.75) is 6.04 Å². The van der Waals surface area contributed by atoms with Crippen LogP contribution < -0.4 is 5.56 Å². The molecule has 0 aliphatic carbocycles. The van der Waals surface area contributed by atoms with Crippen molar-refractivity contribution in [2.75, 3.05) is 6.61 Å². The lowest BCUT2D eigenvalue weighted by Gasteiger charge is -2.19. The van der Waals surface area contributed by atoms with Gasteiger partial charge in [0.1, 0.15) is 11.5 Å². The van der Waals surface area contributed by atoms with Crippen molar-refractivity contribution in [1.82, 2.24) is 24.5 Å². The van der Waals surface area contributed by atoms with Crippen LogP contribution in [-0.4, -0.2) is 36.3 Å². The number of hydrogen-bond acceptors (Lipinski definition) is 4. The number of fused-ring (bicyclic) bond motifs is 1. The molecule has 0 saturated heterocycles. The van der Waals surface area contributed by atoms with Crippen molar-refractivity contribution < 1.29 is 9.50 Å². The van der Waals surface area contributed by atoms with Gasteiger partial charge in [0.2, 0.25) is 0 Å². The van der Waals surface area contributed by atoms with E-state index >= 15 is 0 Å². The van der Waals surface area contributed by atoms with Crippen molar-refractivity contribution in [3.8, 4) is 22.4 Å². The van der Waals surface area contributed by atoms with Gasteiger partial charge >= 0.3 is 0 Å². The third-order valence-corrected chi connectivity index (χ3v) is 5.97. The van der Waals surface area contributed by atoms with Crippen molar-refractivity contribution in [1.29, 1.82) is 0 Å². The zero-order valence-electron chi connectivity index (χ0n) is 17.5. The molecule has 7 nitrogen and oxygen atoms in total. The summed E-state index contributed by atoms with van der Waals surface area (Å²) < 4.78 is 17.0. The van der Waals surface area contributed by atoms with Gasteiger partial charge in [-0.2, -0.15) is 10.2 Å². The number of aromatic nitrogens is 5. The van der Waals surface area contributed by atoms with E-state index < -0.39 is 11.9 Å². The van der Waals surface area contributed by atoms with Gasteiger partial charge in [0.25, 0.3) is 5.56 Å². The number of aromatic amines is 1. The number of hydrogen-bond donors (Lipinski definition) is 2. The number of rotatable bonds is 5. The van der Waals surface area contributed by atoms with E-state index in [0.717, 1.165) is 33.3 Å². The summed E-state index contributed by atoms with van der Waals surface area (Å²) in [6.07, 6.45) is 5.24. The molecule has 0 radical (unpaired) electrons. The Labute approximate surface area is 192 Å². The second-order valence-corrected chi connectivity index (χ2v) is 8.18. The standard InChI is InChI=1S/C24H19ClFN5O2/c1-30-12-17(11-27-30)24-18-8-14(3-5-21(18)28-29-24)15-6-7-31(23(33)10-15)22(13-32)16-2-4-19(25)20(26)9-16/h2-12,22,32H,13H2,1H3,(H,28,29). The Morgan fingerprint density at radius 3 is 2.64 bits per heavy atom. The molecule has 0 fully saturated rings. The highest BCUT2D eigenvalue weighted by atomic mass is 35.5. The van der Waals surface area contributed by atoms with Gasteiger partial charge in [0, 0.05) is 36.5 Å². The molecule has 0 bridgehead atoms. The smallest absolute Gasteiger partial charge is 0.251 e. The quantitative estimate of drug-likeness (QED) is 0.409. The molecular formula is C24H19ClFN5O2. The van der Waals surface area contributed by atoms with Crippen LogP contribution >= 0.6 is 11.6 Å². The topological polar surface area (TPSA) is 88.7 Å². The van der Waals surface area contributed by atoms with E-state index in [1.807, 2.05) is 31.4 Å². The summed E-state index contributed by atoms with van der Waals surface area (Å²) in [7, 11) is 1.84. The number of halogens is 2. The van der Waals surface area contributed by atoms with E-state index in [-0.39, 0.29) is 17.2 Å². The Bertz CT molecular complexity index is 1540. The molecule has 0 saturated carbocycles. The Morgan fingerprint density at radius 1 is 1.12 bits per heavy atom. The molecular weight excluding hydrogens is 445 g/mol. The summed E-state index contributed by atoms with van der Waals surface area (Å²) in [4.78, 5) is 12.9. The van der Waals surface area contributed by atoms with E-state index in [4.69, 9.17) is 11.6 Å². The lowest BCUT2D eigenvalue weighted by molar-refractivity contribution is 0.247. The molecule has 0 spiro atoms. The Hall–Kier alpha value is -3.75. The van der Waals surface area contributed by atoms with E-state index in [2.05, 4.69) is 15.3 Å². The first-order valence-electron chi connectivity index (χ1n) is 10.2. The number of aliphatic hydroxyl groups excluding tert-OH is 1. The SMILES string of the molecule is Cn1cc(-c2n[nH]c3ccc(-c4ccn(C(CO)c5ccc(Cl)c(F)c5)c(=O)c4)cc23)cn1. The number of nitrogens with one attached hydrogen (secondary N) is 1. The second-order valence-electron chi connectivity index (χ2n) is 7.77. The number of H-pyrrole nitrogens is 1. The Balaban J connectivity index is 1.53. The molecule has 1 atom stereocenters. The van der Waals surface area contributed by atoms with Crippen molar-refractivity contribution in [3.05, 3.63) is 93.9 Å². The summed E-state index contributed by atoms with van der Waals surface area (Å²) in [6.45, 7) is -0.365. The molecule has 0 amide bonds. The van der Waals surface area contributed by atoms with Gasteiger partial charge in [-0.05, 0) is 47.0 Å². The average molecular weight is 464 g/mol. The van der Waals surface area contributed by atoms with Crippen molar-refractivity contribution in [3.63, 3.8) is 0 Å². The normalized spacial score (nSPS) is 12.4. The first-order valence-corrected chi connectivity index (χ1v) is 10.6. The molecule has 33 heavy (non-hydrogen) atoms. The summed E-state index contributed by atoms with van der Waals surface area (Å²) in [5.74, 6) is -0.602. The van der Waals surface area contributed by atoms with Crippen LogP contribution in [0.3, 0.4) is 0 Å². The monoisotopic (exact) mass is 463 g/mol. The van der Waals surface area contributed by atoms with Crippen LogP contribution in [0, 0.1) is 5.82 Å². The lowest BCUT2D eigenvalue weighted by atomic mass is 10.0. The maximum absolute atomic E-state index is 13.9. The van der Waals surface area contributed by atoms with Crippen LogP contribution in [0.25, 0.3) is 33.3 Å². The van der Waals surface area contributed by atoms with Crippen LogP contribution in [0.1, 0.15) is 11.6 Å². The fraction of sp³-hybridized carbons (Fsp3) is 0.125. The molecule has 9 heteroatoms. The molecule has 166 valence electrons. The second kappa shape index (κ2) is 8.31. The van der Waals surface area contributed by atoms with Gasteiger partial charge in [0.15, 0.2) is 0 Å². The minimum absolute atomic E-state index is 0.0153. The molecule has 2 aromatic carbocycles. The maximum atomic E-state index is 13.9. The predicted octanol–water partition coefficient (Wildman–Crippen LogP) is 4.17. The summed E-state index contributed by atoms with van der Waals surface area (Å²) >= 11 is 5.76. The van der Waals surface area contributed by atoms with Crippen LogP contribution in [0.2, 0.25) is 5.02 Å². The van der Waals surface area contributed by atoms with Crippen LogP contribution in [0.4, 0.5) is 4.39 Å². The molecule has 3 heterocycles. The highest BCUT2D eigenvalue weighted by molar-refractivity contribution is 6.30. The summed E-state index contributed by atoms with van der Waals surface area (Å²) in [5.41, 5.74) is 4.23. The zero-order chi connectivity index (χ0) is 23.1. The maximum Gasteiger partial charge on any atom is 0.251 e. The van der Waals surface area contributed by atoms with Gasteiger partial charge in [-0.15, -0.1) is 0 Å². The largest absolute Gasteiger partial charge is 0.394 e. The predicted molar refractivity (Wildman–Crippen MR) is 125 cm³/mol. The van der Waals surface area contributed by atoms with Gasteiger partial charge in [-0.3, -0.25) is 14.6 Å². The summed E-state index contributed by atoms with van der Waals surface area (Å²) in [6, 6.07) is 12.6. The fourth-order valence-corrected chi connectivity index (χ4v) is 4.08. The lowest BCUT2D eigenvalue weighted by Crippen LogP contribution is -2.26. The first-order chi connectivity index (χ1) is 15.9. The molecule has 0 aliphatic heterocycles. The van der Waals surface area contributed by atoms with E-state index in [9.17, 15) is 14.3 Å². The highest BCUT2D eigenvalue weighted by Gasteiger charge is 2.17. The van der Waals surface area contributed by atoms with E-state index in [1.165, 1.54) is 22.8 Å². The van der Waals surface area contributed by atoms with E-state index in [0.29, 0.717) is 5.56 Å². The van der Waals surface area contributed by atoms with Crippen molar-refractivity contribution >= 4 is 22.5 Å². The van der Waals surface area contributed by atoms with Crippen LogP contribution in [0.5, 0.6) is 0 Å². The van der Waals surface area contributed by atoms with E-state index in [1.54, 1.807) is 29.2 Å². The number of aliphatic hydroxyl groups is 1. The van der Waals surface area contributed by atoms with Crippen LogP contribution in [-0.2, 0) is 7.05 Å². The fourth-order valence-electron chi connectivity index (χ4n) is 3.96. The molecule has 3 aromatic heterocycles. The minimum atomic E-state index is -0.730. The third-order valence-electron chi connectivity index (χ3n) is 5.66. The zero-order valence-corrected chi connectivity index (χ0v) is 18.3. The van der Waals surface area contributed by atoms with Gasteiger partial charge in [-0.25, -0.2) is 4.39 Å². The highest BCUT2D eigenvalue weighted by Crippen LogP contribution is 2.30. The molecule has 5 aromatic rings. The minimum Gasteiger partial charge on any atom is -0.394 e. The number of aryl methyl sites for hydroxylation is 1. The van der Waals surface area contributed by atoms with Gasteiger partial charge in [0.05, 0.1) is 29.4 Å². The number of nitrogens with zero attached hydrogens (tertiary/aromatic N) is 4. The van der Waals surface area contributed by atoms with Crippen LogP contribution in [0.15, 0.2) is 71.9 Å². The first kappa shape index (κ1) is 21.1. The third kappa shape index (κ3) is 3.83. The Kier molecular flexibility index (Phi) is 5.32. The molecule has 5 rings (SSSR count). The van der Waals surface area contributed by atoms with Gasteiger partial charge < -0.3 is 9.67 Å². The van der Waals surface area contributed by atoms with Crippen molar-refractivity contribution in [2.24, 2.45) is 7.05 Å². The molecule has 2 N–H and O–H groups in total. The summed E-state index contributed by atoms with van der Waals surface area (Å²) in [5, 5.41) is 22.4. The molecule has 1 unspecified atom stereocenters. The Morgan fingerprint density at radius 2 is 1.94 bits per heavy atom. The number of benzene rings is 2. The number of pyridine rings is 1. The molecule has 0 aliphatic rings.